The summed E-state index contributed by atoms with van der Waals surface area (Å²) in [6, 6.07) is 15.5. The van der Waals surface area contributed by atoms with E-state index < -0.39 is 0 Å². The minimum Gasteiger partial charge on any atom is -0.484 e. The number of nitrogens with one attached hydrogen (secondary N) is 1. The van der Waals surface area contributed by atoms with Crippen molar-refractivity contribution in [1.82, 2.24) is 5.32 Å². The summed E-state index contributed by atoms with van der Waals surface area (Å²) >= 11 is 3.46. The number of hydrogen-bond donors (Lipinski definition) is 1. The second-order valence-corrected chi connectivity index (χ2v) is 7.43. The third kappa shape index (κ3) is 5.82. The predicted octanol–water partition coefficient (Wildman–Crippen LogP) is 3.70. The number of anilines is 1. The Morgan fingerprint density at radius 1 is 1.19 bits per heavy atom. The smallest absolute Gasteiger partial charge is 0.257 e. The summed E-state index contributed by atoms with van der Waals surface area (Å²) in [5.41, 5.74) is 2.06. The van der Waals surface area contributed by atoms with Gasteiger partial charge in [0.1, 0.15) is 5.75 Å². The van der Waals surface area contributed by atoms with Crippen LogP contribution in [0.15, 0.2) is 53.0 Å². The van der Waals surface area contributed by atoms with Gasteiger partial charge in [-0.3, -0.25) is 9.59 Å². The van der Waals surface area contributed by atoms with Crippen molar-refractivity contribution in [3.63, 3.8) is 0 Å². The summed E-state index contributed by atoms with van der Waals surface area (Å²) in [4.78, 5) is 25.6. The first kappa shape index (κ1) is 19.4. The van der Waals surface area contributed by atoms with Crippen LogP contribution in [-0.4, -0.2) is 31.5 Å². The Balaban J connectivity index is 1.39. The van der Waals surface area contributed by atoms with E-state index in [0.717, 1.165) is 36.0 Å². The molecule has 1 fully saturated rings. The lowest BCUT2D eigenvalue weighted by Gasteiger charge is -2.16. The highest BCUT2D eigenvalue weighted by Gasteiger charge is 2.21. The molecule has 0 aromatic heterocycles. The van der Waals surface area contributed by atoms with Crippen molar-refractivity contribution in [3.05, 3.63) is 58.6 Å². The maximum Gasteiger partial charge on any atom is 0.257 e. The molecule has 0 aliphatic carbocycles. The Bertz CT molecular complexity index is 810. The molecule has 0 bridgehead atoms. The number of nitrogens with zero attached hydrogens (tertiary/aromatic N) is 1. The van der Waals surface area contributed by atoms with Gasteiger partial charge in [-0.25, -0.2) is 0 Å². The number of amides is 2. The zero-order valence-corrected chi connectivity index (χ0v) is 16.7. The van der Waals surface area contributed by atoms with Crippen molar-refractivity contribution < 1.29 is 14.3 Å². The largest absolute Gasteiger partial charge is 0.484 e. The van der Waals surface area contributed by atoms with E-state index in [1.165, 1.54) is 5.56 Å². The maximum absolute atomic E-state index is 12.0. The number of aryl methyl sites for hydroxylation is 1. The van der Waals surface area contributed by atoms with Crippen LogP contribution in [0.2, 0.25) is 0 Å². The second-order valence-electron chi connectivity index (χ2n) is 6.52. The molecular formula is C21H23BrN2O3. The number of carbonyl (C=O) groups excluding carboxylic acids is 2. The van der Waals surface area contributed by atoms with Gasteiger partial charge in [0.05, 0.1) is 0 Å². The quantitative estimate of drug-likeness (QED) is 0.649. The highest BCUT2D eigenvalue weighted by Crippen LogP contribution is 2.25. The lowest BCUT2D eigenvalue weighted by Crippen LogP contribution is -2.30. The molecule has 0 radical (unpaired) electrons. The Kier molecular flexibility index (Phi) is 6.87. The fraction of sp³-hybridized carbons (Fsp3) is 0.333. The molecule has 1 aliphatic rings. The van der Waals surface area contributed by atoms with E-state index in [0.29, 0.717) is 18.7 Å². The fourth-order valence-electron chi connectivity index (χ4n) is 3.08. The van der Waals surface area contributed by atoms with E-state index in [4.69, 9.17) is 4.74 Å². The highest BCUT2D eigenvalue weighted by molar-refractivity contribution is 9.10. The van der Waals surface area contributed by atoms with E-state index in [2.05, 4.69) is 33.4 Å². The van der Waals surface area contributed by atoms with Gasteiger partial charge in [-0.15, -0.1) is 0 Å². The van der Waals surface area contributed by atoms with Crippen molar-refractivity contribution >= 4 is 33.4 Å². The molecule has 0 saturated carbocycles. The van der Waals surface area contributed by atoms with Gasteiger partial charge in [0.25, 0.3) is 5.91 Å². The molecule has 142 valence electrons. The van der Waals surface area contributed by atoms with Crippen LogP contribution in [0.4, 0.5) is 5.69 Å². The molecule has 6 heteroatoms. The van der Waals surface area contributed by atoms with Crippen LogP contribution in [0, 0.1) is 0 Å². The summed E-state index contributed by atoms with van der Waals surface area (Å²) < 4.78 is 6.64. The molecule has 5 nitrogen and oxygen atoms in total. The van der Waals surface area contributed by atoms with Gasteiger partial charge in [-0.05, 0) is 49.1 Å². The molecule has 0 spiro atoms. The highest BCUT2D eigenvalue weighted by atomic mass is 79.9. The van der Waals surface area contributed by atoms with Gasteiger partial charge >= 0.3 is 0 Å². The van der Waals surface area contributed by atoms with Gasteiger partial charge in [0.15, 0.2) is 6.61 Å². The lowest BCUT2D eigenvalue weighted by molar-refractivity contribution is -0.123. The first-order valence-corrected chi connectivity index (χ1v) is 9.95. The number of rotatable bonds is 8. The van der Waals surface area contributed by atoms with Gasteiger partial charge in [0, 0.05) is 35.7 Å². The van der Waals surface area contributed by atoms with E-state index in [1.807, 2.05) is 30.3 Å². The predicted molar refractivity (Wildman–Crippen MR) is 109 cm³/mol. The molecule has 2 amide bonds. The van der Waals surface area contributed by atoms with Gasteiger partial charge in [-0.1, -0.05) is 34.1 Å². The molecule has 0 atom stereocenters. The lowest BCUT2D eigenvalue weighted by atomic mass is 10.1. The van der Waals surface area contributed by atoms with Crippen LogP contribution >= 0.6 is 15.9 Å². The Labute approximate surface area is 167 Å². The second kappa shape index (κ2) is 9.55. The number of carbonyl (C=O) groups is 2. The molecule has 1 heterocycles. The van der Waals surface area contributed by atoms with Gasteiger partial charge < -0.3 is 15.0 Å². The average Bonchev–Trinajstić information content (AvgIpc) is 3.10. The van der Waals surface area contributed by atoms with E-state index in [1.54, 1.807) is 11.0 Å². The summed E-state index contributed by atoms with van der Waals surface area (Å²) in [6.07, 6.45) is 3.25. The Morgan fingerprint density at radius 2 is 2.04 bits per heavy atom. The maximum atomic E-state index is 12.0. The molecule has 2 aromatic rings. The minimum atomic E-state index is -0.146. The first-order chi connectivity index (χ1) is 13.1. The van der Waals surface area contributed by atoms with E-state index in [-0.39, 0.29) is 18.4 Å². The van der Waals surface area contributed by atoms with Crippen molar-refractivity contribution in [2.75, 3.05) is 24.6 Å². The fourth-order valence-corrected chi connectivity index (χ4v) is 3.52. The van der Waals surface area contributed by atoms with Crippen molar-refractivity contribution in [3.8, 4) is 5.75 Å². The normalized spacial score (nSPS) is 13.7. The molecule has 2 aromatic carbocycles. The summed E-state index contributed by atoms with van der Waals surface area (Å²) in [6.45, 7) is 1.31. The van der Waals surface area contributed by atoms with Crippen LogP contribution in [0.3, 0.4) is 0 Å². The Morgan fingerprint density at radius 3 is 2.81 bits per heavy atom. The third-order valence-electron chi connectivity index (χ3n) is 4.43. The first-order valence-electron chi connectivity index (χ1n) is 9.16. The number of hydrogen-bond acceptors (Lipinski definition) is 3. The number of benzene rings is 2. The molecule has 1 N–H and O–H groups in total. The van der Waals surface area contributed by atoms with E-state index >= 15 is 0 Å². The molecule has 1 saturated heterocycles. The molecule has 3 rings (SSSR count). The molecule has 27 heavy (non-hydrogen) atoms. The Hall–Kier alpha value is -2.34. The van der Waals surface area contributed by atoms with Crippen molar-refractivity contribution in [2.24, 2.45) is 0 Å². The molecular weight excluding hydrogens is 408 g/mol. The molecule has 1 aliphatic heterocycles. The number of halogens is 1. The third-order valence-corrected chi connectivity index (χ3v) is 4.92. The van der Waals surface area contributed by atoms with Crippen LogP contribution in [0.5, 0.6) is 5.75 Å². The van der Waals surface area contributed by atoms with Crippen LogP contribution in [-0.2, 0) is 16.0 Å². The minimum absolute atomic E-state index is 0.0334. The zero-order chi connectivity index (χ0) is 19.1. The van der Waals surface area contributed by atoms with Gasteiger partial charge in [0.2, 0.25) is 5.91 Å². The van der Waals surface area contributed by atoms with Crippen LogP contribution in [0.1, 0.15) is 24.8 Å². The van der Waals surface area contributed by atoms with Crippen LogP contribution < -0.4 is 15.0 Å². The average molecular weight is 431 g/mol. The van der Waals surface area contributed by atoms with Crippen molar-refractivity contribution in [1.29, 1.82) is 0 Å². The topological polar surface area (TPSA) is 58.6 Å². The monoisotopic (exact) mass is 430 g/mol. The summed E-state index contributed by atoms with van der Waals surface area (Å²) in [5, 5.41) is 2.87. The summed E-state index contributed by atoms with van der Waals surface area (Å²) in [5.74, 6) is 0.582. The zero-order valence-electron chi connectivity index (χ0n) is 15.1. The van der Waals surface area contributed by atoms with Gasteiger partial charge in [-0.2, -0.15) is 0 Å². The summed E-state index contributed by atoms with van der Waals surface area (Å²) in [7, 11) is 0. The van der Waals surface area contributed by atoms with Crippen molar-refractivity contribution in [2.45, 2.75) is 25.7 Å². The molecule has 0 unspecified atom stereocenters. The van der Waals surface area contributed by atoms with E-state index in [9.17, 15) is 9.59 Å². The SMILES string of the molecule is O=C(COc1cccc(N2CCCC2=O)c1)NCCCc1cccc(Br)c1. The standard InChI is InChI=1S/C21H23BrN2O3/c22-17-7-1-5-16(13-17)6-3-11-23-20(25)15-27-19-9-2-8-18(14-19)24-12-4-10-21(24)26/h1-2,5,7-9,13-14H,3-4,6,10-12,15H2,(H,23,25). The number of ether oxygens (including phenoxy) is 1. The van der Waals surface area contributed by atoms with Crippen LogP contribution in [0.25, 0.3) is 0 Å².